The molecule has 0 fully saturated rings. The highest BCUT2D eigenvalue weighted by molar-refractivity contribution is 5.97. The smallest absolute Gasteiger partial charge is 0.493 e. The molecule has 0 saturated heterocycles. The molecular weight excluding hydrogens is 466 g/mol. The van der Waals surface area contributed by atoms with Gasteiger partial charge in [-0.3, -0.25) is 5.32 Å². The lowest BCUT2D eigenvalue weighted by atomic mass is 10.1. The van der Waals surface area contributed by atoms with Crippen LogP contribution in [0.5, 0.6) is 11.5 Å². The Morgan fingerprint density at radius 3 is 1.89 bits per heavy atom. The average molecular weight is 510 g/mol. The minimum atomic E-state index is -0.947. The van der Waals surface area contributed by atoms with Gasteiger partial charge < -0.3 is 23.7 Å². The van der Waals surface area contributed by atoms with Crippen molar-refractivity contribution in [1.82, 2.24) is 0 Å². The van der Waals surface area contributed by atoms with E-state index in [4.69, 9.17) is 23.7 Å². The Hall–Kier alpha value is -2.97. The molecule has 0 heterocycles. The Morgan fingerprint density at radius 1 is 0.722 bits per heavy atom. The molecule has 0 saturated carbocycles. The van der Waals surface area contributed by atoms with Crippen LogP contribution in [-0.4, -0.2) is 45.1 Å². The molecule has 0 radical (unpaired) electrons. The van der Waals surface area contributed by atoms with E-state index >= 15 is 0 Å². The summed E-state index contributed by atoms with van der Waals surface area (Å²) in [6.07, 6.45) is 8.69. The van der Waals surface area contributed by atoms with Crippen molar-refractivity contribution in [3.63, 3.8) is 0 Å². The first-order valence-electron chi connectivity index (χ1n) is 13.1. The van der Waals surface area contributed by atoms with Crippen molar-refractivity contribution in [2.75, 3.05) is 32.2 Å². The average Bonchev–Trinajstić information content (AvgIpc) is 2.86. The number of unbranched alkanes of at least 4 members (excludes halogenated alkanes) is 8. The zero-order valence-corrected chi connectivity index (χ0v) is 22.3. The molecule has 1 N–H and O–H groups in total. The molecule has 36 heavy (non-hydrogen) atoms. The lowest BCUT2D eigenvalue weighted by molar-refractivity contribution is 0.0491. The lowest BCUT2D eigenvalue weighted by Gasteiger charge is -2.16. The number of rotatable bonds is 18. The Bertz CT molecular complexity index is 796. The third kappa shape index (κ3) is 12.7. The number of carbonyl (C=O) groups excluding carboxylic acids is 3. The number of carbonyl (C=O) groups is 3. The Labute approximate surface area is 215 Å². The fraction of sp³-hybridized carbons (Fsp3) is 0.667. The number of ether oxygens (including phenoxy) is 5. The van der Waals surface area contributed by atoms with Crippen LogP contribution in [-0.2, 0) is 14.2 Å². The standard InChI is InChI=1S/C27H43NO8/c1-5-8-11-14-17-34-26(30)28-21-19-22(25(29)33-16-13-10-7-3)24(23(20-21)32-4)36-27(31)35-18-15-12-9-6-2/h19-20H,5-18H2,1-4H3,(H,28,30). The van der Waals surface area contributed by atoms with Crippen molar-refractivity contribution in [2.24, 2.45) is 0 Å². The van der Waals surface area contributed by atoms with Crippen LogP contribution < -0.4 is 14.8 Å². The predicted molar refractivity (Wildman–Crippen MR) is 138 cm³/mol. The van der Waals surface area contributed by atoms with Crippen LogP contribution in [0.3, 0.4) is 0 Å². The van der Waals surface area contributed by atoms with E-state index in [1.54, 1.807) is 0 Å². The summed E-state index contributed by atoms with van der Waals surface area (Å²) < 4.78 is 26.4. The Kier molecular flexibility index (Phi) is 16.6. The third-order valence-corrected chi connectivity index (χ3v) is 5.36. The van der Waals surface area contributed by atoms with Gasteiger partial charge in [0.25, 0.3) is 0 Å². The van der Waals surface area contributed by atoms with Gasteiger partial charge >= 0.3 is 18.2 Å². The van der Waals surface area contributed by atoms with Crippen molar-refractivity contribution in [3.8, 4) is 11.5 Å². The van der Waals surface area contributed by atoms with Crippen LogP contribution in [0.15, 0.2) is 12.1 Å². The molecule has 1 aromatic rings. The van der Waals surface area contributed by atoms with Gasteiger partial charge in [0.15, 0.2) is 11.5 Å². The van der Waals surface area contributed by atoms with E-state index in [0.717, 1.165) is 64.2 Å². The molecule has 1 rings (SSSR count). The predicted octanol–water partition coefficient (Wildman–Crippen LogP) is 7.27. The van der Waals surface area contributed by atoms with Crippen molar-refractivity contribution in [3.05, 3.63) is 17.7 Å². The van der Waals surface area contributed by atoms with E-state index in [1.165, 1.54) is 19.2 Å². The van der Waals surface area contributed by atoms with E-state index in [1.807, 2.05) is 6.92 Å². The van der Waals surface area contributed by atoms with Gasteiger partial charge in [0.1, 0.15) is 5.56 Å². The number of nitrogens with one attached hydrogen (secondary N) is 1. The number of hydrogen-bond donors (Lipinski definition) is 1. The number of esters is 1. The molecule has 9 heteroatoms. The first kappa shape index (κ1) is 31.1. The summed E-state index contributed by atoms with van der Waals surface area (Å²) in [5.74, 6) is -0.763. The highest BCUT2D eigenvalue weighted by Crippen LogP contribution is 2.36. The quantitative estimate of drug-likeness (QED) is 0.0952. The first-order valence-corrected chi connectivity index (χ1v) is 13.1. The van der Waals surface area contributed by atoms with E-state index in [0.29, 0.717) is 13.0 Å². The number of anilines is 1. The largest absolute Gasteiger partial charge is 0.514 e. The second-order valence-corrected chi connectivity index (χ2v) is 8.48. The SMILES string of the molecule is CCCCCCOC(=O)Nc1cc(OC)c(OC(=O)OCCCCCC)c(C(=O)OCCCCC)c1. The van der Waals surface area contributed by atoms with Gasteiger partial charge in [-0.2, -0.15) is 0 Å². The summed E-state index contributed by atoms with van der Waals surface area (Å²) in [5.41, 5.74) is 0.179. The first-order chi connectivity index (χ1) is 17.5. The monoisotopic (exact) mass is 509 g/mol. The topological polar surface area (TPSA) is 109 Å². The molecule has 0 bridgehead atoms. The number of hydrogen-bond acceptors (Lipinski definition) is 8. The van der Waals surface area contributed by atoms with Gasteiger partial charge in [0.2, 0.25) is 0 Å². The summed E-state index contributed by atoms with van der Waals surface area (Å²) in [5, 5.41) is 2.59. The Balaban J connectivity index is 2.98. The molecule has 0 aliphatic carbocycles. The van der Waals surface area contributed by atoms with E-state index < -0.39 is 18.2 Å². The van der Waals surface area contributed by atoms with Gasteiger partial charge in [-0.1, -0.05) is 72.1 Å². The normalized spacial score (nSPS) is 10.4. The summed E-state index contributed by atoms with van der Waals surface area (Å²) in [7, 11) is 1.37. The van der Waals surface area contributed by atoms with Crippen LogP contribution in [0.1, 0.15) is 102 Å². The molecule has 0 aliphatic heterocycles. The maximum atomic E-state index is 12.9. The van der Waals surface area contributed by atoms with E-state index in [9.17, 15) is 14.4 Å². The lowest BCUT2D eigenvalue weighted by Crippen LogP contribution is -2.18. The number of amides is 1. The Morgan fingerprint density at radius 2 is 1.28 bits per heavy atom. The molecule has 1 amide bonds. The van der Waals surface area contributed by atoms with E-state index in [-0.39, 0.29) is 36.0 Å². The highest BCUT2D eigenvalue weighted by atomic mass is 16.7. The molecule has 0 atom stereocenters. The maximum Gasteiger partial charge on any atom is 0.514 e. The van der Waals surface area contributed by atoms with Crippen LogP contribution in [0.4, 0.5) is 15.3 Å². The van der Waals surface area contributed by atoms with Crippen molar-refractivity contribution < 1.29 is 38.1 Å². The summed E-state index contributed by atoms with van der Waals surface area (Å²) >= 11 is 0. The van der Waals surface area contributed by atoms with Gasteiger partial charge in [0.05, 0.1) is 26.9 Å². The van der Waals surface area contributed by atoms with Crippen LogP contribution in [0.2, 0.25) is 0 Å². The second-order valence-electron chi connectivity index (χ2n) is 8.48. The summed E-state index contributed by atoms with van der Waals surface area (Å²) in [6.45, 7) is 6.96. The fourth-order valence-electron chi connectivity index (χ4n) is 3.32. The number of benzene rings is 1. The molecule has 0 aromatic heterocycles. The van der Waals surface area contributed by atoms with Gasteiger partial charge in [-0.05, 0) is 25.3 Å². The zero-order valence-electron chi connectivity index (χ0n) is 22.3. The summed E-state index contributed by atoms with van der Waals surface area (Å²) in [6, 6.07) is 2.81. The van der Waals surface area contributed by atoms with Gasteiger partial charge in [-0.15, -0.1) is 0 Å². The number of methoxy groups -OCH3 is 1. The van der Waals surface area contributed by atoms with Gasteiger partial charge in [-0.25, -0.2) is 14.4 Å². The molecule has 204 valence electrons. The molecule has 9 nitrogen and oxygen atoms in total. The van der Waals surface area contributed by atoms with Gasteiger partial charge in [0, 0.05) is 11.8 Å². The minimum absolute atomic E-state index is 0.0629. The molecule has 0 spiro atoms. The zero-order chi connectivity index (χ0) is 26.6. The van der Waals surface area contributed by atoms with Crippen LogP contribution >= 0.6 is 0 Å². The van der Waals surface area contributed by atoms with Crippen LogP contribution in [0.25, 0.3) is 0 Å². The molecule has 0 aliphatic rings. The van der Waals surface area contributed by atoms with Crippen LogP contribution in [0, 0.1) is 0 Å². The molecular formula is C27H43NO8. The van der Waals surface area contributed by atoms with Crippen molar-refractivity contribution in [1.29, 1.82) is 0 Å². The summed E-state index contributed by atoms with van der Waals surface area (Å²) in [4.78, 5) is 37.4. The maximum absolute atomic E-state index is 12.9. The third-order valence-electron chi connectivity index (χ3n) is 5.36. The molecule has 1 aromatic carbocycles. The van der Waals surface area contributed by atoms with E-state index in [2.05, 4.69) is 19.2 Å². The minimum Gasteiger partial charge on any atom is -0.493 e. The fourth-order valence-corrected chi connectivity index (χ4v) is 3.32. The molecule has 0 unspecified atom stereocenters. The second kappa shape index (κ2) is 19.2. The highest BCUT2D eigenvalue weighted by Gasteiger charge is 2.24. The van der Waals surface area contributed by atoms with Crippen molar-refractivity contribution in [2.45, 2.75) is 91.4 Å². The van der Waals surface area contributed by atoms with Crippen molar-refractivity contribution >= 4 is 23.9 Å².